The van der Waals surface area contributed by atoms with E-state index in [0.29, 0.717) is 19.1 Å². The molecule has 13 heavy (non-hydrogen) atoms. The van der Waals surface area contributed by atoms with Crippen LogP contribution < -0.4 is 5.73 Å². The van der Waals surface area contributed by atoms with Gasteiger partial charge in [-0.2, -0.15) is 0 Å². The summed E-state index contributed by atoms with van der Waals surface area (Å²) in [5.41, 5.74) is 5.39. The van der Waals surface area contributed by atoms with E-state index >= 15 is 0 Å². The standard InChI is InChI=1S/C9H20N2O2/c1-8(2)11(6-3-5-10)7-4-9(12)13/h8H,3-7,10H2,1-2H3,(H,12,13). The molecule has 0 bridgehead atoms. The summed E-state index contributed by atoms with van der Waals surface area (Å²) < 4.78 is 0. The third kappa shape index (κ3) is 6.54. The lowest BCUT2D eigenvalue weighted by Gasteiger charge is -2.25. The summed E-state index contributed by atoms with van der Waals surface area (Å²) in [6.45, 7) is 6.31. The largest absolute Gasteiger partial charge is 0.481 e. The molecule has 4 nitrogen and oxygen atoms in total. The Bertz CT molecular complexity index is 149. The summed E-state index contributed by atoms with van der Waals surface area (Å²) in [5, 5.41) is 8.52. The molecule has 4 heteroatoms. The first-order valence-corrected chi connectivity index (χ1v) is 4.73. The molecule has 0 aromatic carbocycles. The molecule has 0 aromatic rings. The Hall–Kier alpha value is -0.610. The highest BCUT2D eigenvalue weighted by molar-refractivity contribution is 5.66. The molecule has 0 amide bonds. The predicted octanol–water partition coefficient (Wildman–Crippen LogP) is 0.520. The van der Waals surface area contributed by atoms with Crippen LogP contribution in [0.25, 0.3) is 0 Å². The lowest BCUT2D eigenvalue weighted by atomic mass is 10.2. The second kappa shape index (κ2) is 6.86. The Morgan fingerprint density at radius 3 is 2.46 bits per heavy atom. The summed E-state index contributed by atoms with van der Waals surface area (Å²) in [6, 6.07) is 0.394. The molecule has 0 saturated carbocycles. The minimum atomic E-state index is -0.738. The van der Waals surface area contributed by atoms with Crippen LogP contribution in [0.5, 0.6) is 0 Å². The average Bonchev–Trinajstić information content (AvgIpc) is 2.03. The van der Waals surface area contributed by atoms with Gasteiger partial charge < -0.3 is 15.7 Å². The fourth-order valence-electron chi connectivity index (χ4n) is 1.16. The molecule has 0 fully saturated rings. The molecule has 0 atom stereocenters. The van der Waals surface area contributed by atoms with E-state index < -0.39 is 5.97 Å². The van der Waals surface area contributed by atoms with Gasteiger partial charge in [-0.25, -0.2) is 0 Å². The van der Waals surface area contributed by atoms with Crippen molar-refractivity contribution in [1.82, 2.24) is 4.90 Å². The van der Waals surface area contributed by atoms with Gasteiger partial charge in [-0.1, -0.05) is 0 Å². The first kappa shape index (κ1) is 12.4. The maximum Gasteiger partial charge on any atom is 0.304 e. The number of carbonyl (C=O) groups is 1. The number of hydrogen-bond donors (Lipinski definition) is 2. The van der Waals surface area contributed by atoms with E-state index in [0.717, 1.165) is 13.0 Å². The summed E-state index contributed by atoms with van der Waals surface area (Å²) in [4.78, 5) is 12.5. The molecule has 0 aliphatic heterocycles. The molecule has 0 aromatic heterocycles. The highest BCUT2D eigenvalue weighted by atomic mass is 16.4. The lowest BCUT2D eigenvalue weighted by molar-refractivity contribution is -0.137. The van der Waals surface area contributed by atoms with Gasteiger partial charge in [-0.15, -0.1) is 0 Å². The Kier molecular flexibility index (Phi) is 6.54. The highest BCUT2D eigenvalue weighted by Crippen LogP contribution is 2.00. The van der Waals surface area contributed by atoms with E-state index in [1.165, 1.54) is 0 Å². The molecule has 0 radical (unpaired) electrons. The van der Waals surface area contributed by atoms with Crippen molar-refractivity contribution in [3.8, 4) is 0 Å². The quantitative estimate of drug-likeness (QED) is 0.611. The zero-order valence-corrected chi connectivity index (χ0v) is 8.49. The molecule has 0 aliphatic carbocycles. The van der Waals surface area contributed by atoms with Crippen LogP contribution in [0.4, 0.5) is 0 Å². The zero-order chi connectivity index (χ0) is 10.3. The van der Waals surface area contributed by atoms with Crippen LogP contribution in [-0.2, 0) is 4.79 Å². The van der Waals surface area contributed by atoms with E-state index in [4.69, 9.17) is 10.8 Å². The van der Waals surface area contributed by atoms with Gasteiger partial charge in [-0.05, 0) is 33.4 Å². The van der Waals surface area contributed by atoms with Crippen molar-refractivity contribution in [2.24, 2.45) is 5.73 Å². The van der Waals surface area contributed by atoms with Crippen molar-refractivity contribution in [1.29, 1.82) is 0 Å². The number of carboxylic acid groups (broad SMARTS) is 1. The Morgan fingerprint density at radius 2 is 2.08 bits per heavy atom. The van der Waals surface area contributed by atoms with Gasteiger partial charge in [0.15, 0.2) is 0 Å². The molecule has 0 rings (SSSR count). The van der Waals surface area contributed by atoms with Crippen LogP contribution in [0.1, 0.15) is 26.7 Å². The fraction of sp³-hybridized carbons (Fsp3) is 0.889. The monoisotopic (exact) mass is 188 g/mol. The molecule has 78 valence electrons. The van der Waals surface area contributed by atoms with Crippen LogP contribution in [-0.4, -0.2) is 41.7 Å². The first-order valence-electron chi connectivity index (χ1n) is 4.73. The molecule has 0 heterocycles. The summed E-state index contributed by atoms with van der Waals surface area (Å²) in [7, 11) is 0. The van der Waals surface area contributed by atoms with E-state index in [1.54, 1.807) is 0 Å². The Labute approximate surface area is 79.7 Å². The van der Waals surface area contributed by atoms with Crippen molar-refractivity contribution in [3.63, 3.8) is 0 Å². The van der Waals surface area contributed by atoms with Gasteiger partial charge in [-0.3, -0.25) is 4.79 Å². The maximum absolute atomic E-state index is 10.3. The molecular formula is C9H20N2O2. The van der Waals surface area contributed by atoms with E-state index in [-0.39, 0.29) is 6.42 Å². The van der Waals surface area contributed by atoms with E-state index in [9.17, 15) is 4.79 Å². The van der Waals surface area contributed by atoms with Crippen molar-refractivity contribution in [2.45, 2.75) is 32.7 Å². The van der Waals surface area contributed by atoms with Gasteiger partial charge in [0, 0.05) is 12.6 Å². The van der Waals surface area contributed by atoms with Crippen molar-refractivity contribution in [2.75, 3.05) is 19.6 Å². The molecule has 0 saturated heterocycles. The van der Waals surface area contributed by atoms with Gasteiger partial charge in [0.05, 0.1) is 6.42 Å². The predicted molar refractivity (Wildman–Crippen MR) is 52.6 cm³/mol. The molecule has 0 spiro atoms. The summed E-state index contributed by atoms with van der Waals surface area (Å²) >= 11 is 0. The third-order valence-corrected chi connectivity index (χ3v) is 1.99. The van der Waals surface area contributed by atoms with Gasteiger partial charge in [0.2, 0.25) is 0 Å². The van der Waals surface area contributed by atoms with Crippen LogP contribution in [0.15, 0.2) is 0 Å². The number of aliphatic carboxylic acids is 1. The fourth-order valence-corrected chi connectivity index (χ4v) is 1.16. The number of nitrogens with two attached hydrogens (primary N) is 1. The second-order valence-electron chi connectivity index (χ2n) is 3.42. The second-order valence-corrected chi connectivity index (χ2v) is 3.42. The van der Waals surface area contributed by atoms with Crippen molar-refractivity contribution >= 4 is 5.97 Å². The van der Waals surface area contributed by atoms with Crippen LogP contribution in [0.3, 0.4) is 0 Å². The Morgan fingerprint density at radius 1 is 1.46 bits per heavy atom. The minimum absolute atomic E-state index is 0.211. The minimum Gasteiger partial charge on any atom is -0.481 e. The normalized spacial score (nSPS) is 11.2. The Balaban J connectivity index is 3.73. The van der Waals surface area contributed by atoms with Gasteiger partial charge in [0.25, 0.3) is 0 Å². The molecular weight excluding hydrogens is 168 g/mol. The number of carboxylic acids is 1. The molecule has 0 unspecified atom stereocenters. The lowest BCUT2D eigenvalue weighted by Crippen LogP contribution is -2.34. The number of hydrogen-bond acceptors (Lipinski definition) is 3. The van der Waals surface area contributed by atoms with Gasteiger partial charge >= 0.3 is 5.97 Å². The van der Waals surface area contributed by atoms with Crippen LogP contribution >= 0.6 is 0 Å². The van der Waals surface area contributed by atoms with Gasteiger partial charge in [0.1, 0.15) is 0 Å². The van der Waals surface area contributed by atoms with Crippen LogP contribution in [0.2, 0.25) is 0 Å². The van der Waals surface area contributed by atoms with Crippen LogP contribution in [0, 0.1) is 0 Å². The van der Waals surface area contributed by atoms with E-state index in [1.807, 2.05) is 0 Å². The van der Waals surface area contributed by atoms with Crippen molar-refractivity contribution < 1.29 is 9.90 Å². The SMILES string of the molecule is CC(C)N(CCCN)CCC(=O)O. The average molecular weight is 188 g/mol. The third-order valence-electron chi connectivity index (χ3n) is 1.99. The number of rotatable bonds is 7. The summed E-state index contributed by atoms with van der Waals surface area (Å²) in [5.74, 6) is -0.738. The highest BCUT2D eigenvalue weighted by Gasteiger charge is 2.09. The molecule has 3 N–H and O–H groups in total. The smallest absolute Gasteiger partial charge is 0.304 e. The molecule has 0 aliphatic rings. The first-order chi connectivity index (χ1) is 6.07. The number of nitrogens with zero attached hydrogens (tertiary/aromatic N) is 1. The zero-order valence-electron chi connectivity index (χ0n) is 8.49. The maximum atomic E-state index is 10.3. The van der Waals surface area contributed by atoms with E-state index in [2.05, 4.69) is 18.7 Å². The van der Waals surface area contributed by atoms with Crippen molar-refractivity contribution in [3.05, 3.63) is 0 Å². The topological polar surface area (TPSA) is 66.6 Å². The summed E-state index contributed by atoms with van der Waals surface area (Å²) in [6.07, 6.45) is 1.14.